The van der Waals surface area contributed by atoms with Crippen LogP contribution in [0.25, 0.3) is 0 Å². The van der Waals surface area contributed by atoms with E-state index in [-0.39, 0.29) is 0 Å². The van der Waals surface area contributed by atoms with Gasteiger partial charge in [-0.1, -0.05) is 45.2 Å². The summed E-state index contributed by atoms with van der Waals surface area (Å²) in [5.41, 5.74) is 1.98. The van der Waals surface area contributed by atoms with Crippen LogP contribution in [0.2, 0.25) is 10.0 Å². The minimum Gasteiger partial charge on any atom is -0.493 e. The van der Waals surface area contributed by atoms with Gasteiger partial charge in [0, 0.05) is 52.8 Å². The first-order valence-corrected chi connectivity index (χ1v) is 11.1. The third-order valence-corrected chi connectivity index (χ3v) is 6.08. The maximum Gasteiger partial charge on any atom is 0.162 e. The summed E-state index contributed by atoms with van der Waals surface area (Å²) in [5.74, 6) is 1.34. The van der Waals surface area contributed by atoms with Gasteiger partial charge in [-0.25, -0.2) is 0 Å². The van der Waals surface area contributed by atoms with Gasteiger partial charge in [-0.05, 0) is 29.8 Å². The van der Waals surface area contributed by atoms with E-state index in [0.29, 0.717) is 28.2 Å². The molecule has 2 aromatic rings. The Morgan fingerprint density at radius 1 is 1.10 bits per heavy atom. The highest BCUT2D eigenvalue weighted by Crippen LogP contribution is 2.34. The van der Waals surface area contributed by atoms with Gasteiger partial charge in [0.25, 0.3) is 0 Å². The third kappa shape index (κ3) is 6.74. The molecule has 0 aliphatic carbocycles. The molecule has 1 saturated heterocycles. The predicted octanol–water partition coefficient (Wildman–Crippen LogP) is 4.77. The molecule has 0 atom stereocenters. The van der Waals surface area contributed by atoms with Crippen LogP contribution in [0.15, 0.2) is 34.8 Å². The second-order valence-corrected chi connectivity index (χ2v) is 8.45. The van der Waals surface area contributed by atoms with Crippen LogP contribution in [-0.4, -0.2) is 51.4 Å². The molecule has 158 valence electrons. The van der Waals surface area contributed by atoms with Crippen LogP contribution in [0.4, 0.5) is 0 Å². The highest BCUT2D eigenvalue weighted by molar-refractivity contribution is 9.10. The SMILES string of the molecule is COc1cc(CNCCN2CCOCC2)c(Br)cc1OCc1ccc(Cl)cc1Cl. The van der Waals surface area contributed by atoms with E-state index < -0.39 is 0 Å². The monoisotopic (exact) mass is 502 g/mol. The van der Waals surface area contributed by atoms with Gasteiger partial charge in [0.2, 0.25) is 0 Å². The van der Waals surface area contributed by atoms with Crippen molar-refractivity contribution in [2.45, 2.75) is 13.2 Å². The molecule has 1 heterocycles. The Balaban J connectivity index is 1.56. The zero-order valence-electron chi connectivity index (χ0n) is 16.3. The van der Waals surface area contributed by atoms with Crippen molar-refractivity contribution in [3.8, 4) is 11.5 Å². The number of morpholine rings is 1. The number of hydrogen-bond acceptors (Lipinski definition) is 5. The lowest BCUT2D eigenvalue weighted by atomic mass is 10.2. The first-order chi connectivity index (χ1) is 14.1. The van der Waals surface area contributed by atoms with Crippen molar-refractivity contribution in [1.82, 2.24) is 10.2 Å². The van der Waals surface area contributed by atoms with Crippen molar-refractivity contribution in [2.24, 2.45) is 0 Å². The number of nitrogens with zero attached hydrogens (tertiary/aromatic N) is 1. The molecule has 0 aromatic heterocycles. The standard InChI is InChI=1S/C21H25BrCl2N2O3/c1-27-20-10-16(13-25-4-5-26-6-8-28-9-7-26)18(22)12-21(20)29-14-15-2-3-17(23)11-19(15)24/h2-3,10-12,25H,4-9,13-14H2,1H3. The van der Waals surface area contributed by atoms with Gasteiger partial charge in [-0.15, -0.1) is 0 Å². The largest absolute Gasteiger partial charge is 0.493 e. The van der Waals surface area contributed by atoms with Crippen molar-refractivity contribution < 1.29 is 14.2 Å². The Bertz CT molecular complexity index is 817. The molecule has 0 saturated carbocycles. The molecule has 0 radical (unpaired) electrons. The van der Waals surface area contributed by atoms with E-state index in [9.17, 15) is 0 Å². The van der Waals surface area contributed by atoms with E-state index in [2.05, 4.69) is 26.1 Å². The Morgan fingerprint density at radius 3 is 2.62 bits per heavy atom. The topological polar surface area (TPSA) is 43.0 Å². The van der Waals surface area contributed by atoms with Crippen molar-refractivity contribution in [3.63, 3.8) is 0 Å². The third-order valence-electron chi connectivity index (χ3n) is 4.75. The highest BCUT2D eigenvalue weighted by Gasteiger charge is 2.13. The predicted molar refractivity (Wildman–Crippen MR) is 120 cm³/mol. The lowest BCUT2D eigenvalue weighted by molar-refractivity contribution is 0.0384. The number of hydrogen-bond donors (Lipinski definition) is 1. The van der Waals surface area contributed by atoms with Crippen molar-refractivity contribution >= 4 is 39.1 Å². The van der Waals surface area contributed by atoms with Gasteiger partial charge in [-0.3, -0.25) is 4.90 Å². The Morgan fingerprint density at radius 2 is 1.90 bits per heavy atom. The van der Waals surface area contributed by atoms with Gasteiger partial charge >= 0.3 is 0 Å². The van der Waals surface area contributed by atoms with E-state index in [0.717, 1.165) is 61.5 Å². The summed E-state index contributed by atoms with van der Waals surface area (Å²) in [6.07, 6.45) is 0. The zero-order chi connectivity index (χ0) is 20.6. The van der Waals surface area contributed by atoms with Crippen LogP contribution in [-0.2, 0) is 17.9 Å². The Hall–Kier alpha value is -1.02. The molecule has 3 rings (SSSR count). The molecular weight excluding hydrogens is 479 g/mol. The summed E-state index contributed by atoms with van der Waals surface area (Å²) in [6, 6.07) is 9.29. The van der Waals surface area contributed by atoms with Gasteiger partial charge in [-0.2, -0.15) is 0 Å². The Labute approximate surface area is 190 Å². The number of benzene rings is 2. The van der Waals surface area contributed by atoms with E-state index in [1.165, 1.54) is 0 Å². The molecule has 1 N–H and O–H groups in total. The first-order valence-electron chi connectivity index (χ1n) is 9.51. The average molecular weight is 504 g/mol. The summed E-state index contributed by atoms with van der Waals surface area (Å²) < 4.78 is 17.8. The normalized spacial score (nSPS) is 14.8. The molecule has 1 aliphatic rings. The maximum absolute atomic E-state index is 6.23. The second-order valence-electron chi connectivity index (χ2n) is 6.75. The van der Waals surface area contributed by atoms with E-state index in [1.807, 2.05) is 18.2 Å². The summed E-state index contributed by atoms with van der Waals surface area (Å²) in [5, 5.41) is 4.67. The number of methoxy groups -OCH3 is 1. The number of halogens is 3. The molecule has 0 unspecified atom stereocenters. The molecular formula is C21H25BrCl2N2O3. The fourth-order valence-corrected chi connectivity index (χ4v) is 3.99. The van der Waals surface area contributed by atoms with Crippen molar-refractivity contribution in [3.05, 3.63) is 56.0 Å². The van der Waals surface area contributed by atoms with E-state index >= 15 is 0 Å². The zero-order valence-corrected chi connectivity index (χ0v) is 19.4. The van der Waals surface area contributed by atoms with Gasteiger partial charge in [0.05, 0.1) is 20.3 Å². The van der Waals surface area contributed by atoms with E-state index in [1.54, 1.807) is 19.2 Å². The fourth-order valence-electron chi connectivity index (χ4n) is 3.06. The lowest BCUT2D eigenvalue weighted by Crippen LogP contribution is -2.40. The molecule has 29 heavy (non-hydrogen) atoms. The Kier molecular flexibility index (Phi) is 8.90. The van der Waals surface area contributed by atoms with Crippen molar-refractivity contribution in [2.75, 3.05) is 46.5 Å². The molecule has 1 fully saturated rings. The van der Waals surface area contributed by atoms with Crippen LogP contribution >= 0.6 is 39.1 Å². The molecule has 0 amide bonds. The summed E-state index contributed by atoms with van der Waals surface area (Å²) in [4.78, 5) is 2.41. The first kappa shape index (κ1) is 22.7. The van der Waals surface area contributed by atoms with Crippen LogP contribution in [0, 0.1) is 0 Å². The van der Waals surface area contributed by atoms with Gasteiger partial charge in [0.1, 0.15) is 6.61 Å². The van der Waals surface area contributed by atoms with Gasteiger partial charge in [0.15, 0.2) is 11.5 Å². The highest BCUT2D eigenvalue weighted by atomic mass is 79.9. The van der Waals surface area contributed by atoms with Crippen LogP contribution in [0.3, 0.4) is 0 Å². The summed E-state index contributed by atoms with van der Waals surface area (Å²) in [7, 11) is 1.64. The van der Waals surface area contributed by atoms with Crippen LogP contribution in [0.1, 0.15) is 11.1 Å². The van der Waals surface area contributed by atoms with Crippen LogP contribution < -0.4 is 14.8 Å². The quantitative estimate of drug-likeness (QED) is 0.499. The average Bonchev–Trinajstić information content (AvgIpc) is 2.72. The number of ether oxygens (including phenoxy) is 3. The van der Waals surface area contributed by atoms with E-state index in [4.69, 9.17) is 37.4 Å². The molecule has 2 aromatic carbocycles. The smallest absolute Gasteiger partial charge is 0.162 e. The summed E-state index contributed by atoms with van der Waals surface area (Å²) in [6.45, 7) is 6.66. The number of rotatable bonds is 9. The van der Waals surface area contributed by atoms with Crippen molar-refractivity contribution in [1.29, 1.82) is 0 Å². The molecule has 0 spiro atoms. The van der Waals surface area contributed by atoms with Gasteiger partial charge < -0.3 is 19.5 Å². The molecule has 5 nitrogen and oxygen atoms in total. The maximum atomic E-state index is 6.23. The molecule has 1 aliphatic heterocycles. The second kappa shape index (κ2) is 11.4. The minimum absolute atomic E-state index is 0.329. The van der Waals surface area contributed by atoms with Crippen LogP contribution in [0.5, 0.6) is 11.5 Å². The molecule has 0 bridgehead atoms. The fraction of sp³-hybridized carbons (Fsp3) is 0.429. The molecule has 8 heteroatoms. The summed E-state index contributed by atoms with van der Waals surface area (Å²) >= 11 is 15.8. The lowest BCUT2D eigenvalue weighted by Gasteiger charge is -2.26. The minimum atomic E-state index is 0.329. The number of nitrogens with one attached hydrogen (secondary N) is 1.